The van der Waals surface area contributed by atoms with E-state index in [9.17, 15) is 9.59 Å². The van der Waals surface area contributed by atoms with Gasteiger partial charge in [-0.25, -0.2) is 0 Å². The summed E-state index contributed by atoms with van der Waals surface area (Å²) in [5.41, 5.74) is 2.55. The quantitative estimate of drug-likeness (QED) is 0.377. The number of nitrogens with one attached hydrogen (secondary N) is 2. The number of aryl methyl sites for hydroxylation is 1. The molecule has 3 aromatic rings. The molecule has 0 saturated carbocycles. The van der Waals surface area contributed by atoms with Crippen LogP contribution in [0.3, 0.4) is 0 Å². The van der Waals surface area contributed by atoms with Gasteiger partial charge in [0.1, 0.15) is 0 Å². The van der Waals surface area contributed by atoms with E-state index in [0.717, 1.165) is 10.5 Å². The summed E-state index contributed by atoms with van der Waals surface area (Å²) in [5.74, 6) is -0.271. The van der Waals surface area contributed by atoms with Crippen LogP contribution in [0.2, 0.25) is 15.1 Å². The van der Waals surface area contributed by atoms with Crippen LogP contribution in [0.15, 0.2) is 65.6 Å². The zero-order valence-corrected chi connectivity index (χ0v) is 18.9. The fourth-order valence-corrected chi connectivity index (χ4v) is 4.02. The topological polar surface area (TPSA) is 58.2 Å². The van der Waals surface area contributed by atoms with Crippen molar-refractivity contribution >= 4 is 69.8 Å². The number of carbonyl (C=O) groups excluding carboxylic acids is 2. The van der Waals surface area contributed by atoms with Crippen molar-refractivity contribution in [3.63, 3.8) is 0 Å². The number of hydrogen-bond acceptors (Lipinski definition) is 3. The second-order valence-corrected chi connectivity index (χ2v) is 8.73. The van der Waals surface area contributed by atoms with E-state index in [2.05, 4.69) is 10.6 Å². The standard InChI is InChI=1S/C22H17Cl3N2O2S/c1-13-5-6-15(24)10-20(13)27-21(28)12-30-17-4-2-3-16(11-17)26-22(29)18-8-7-14(23)9-19(18)25/h2-11H,12H2,1H3,(H,26,29)(H,27,28). The Balaban J connectivity index is 1.60. The maximum absolute atomic E-state index is 12.5. The third-order valence-electron chi connectivity index (χ3n) is 4.11. The molecule has 0 spiro atoms. The highest BCUT2D eigenvalue weighted by Crippen LogP contribution is 2.25. The lowest BCUT2D eigenvalue weighted by atomic mass is 10.2. The predicted octanol–water partition coefficient (Wildman–Crippen LogP) is 6.94. The minimum Gasteiger partial charge on any atom is -0.325 e. The van der Waals surface area contributed by atoms with Gasteiger partial charge in [0.25, 0.3) is 5.91 Å². The molecule has 154 valence electrons. The molecule has 2 N–H and O–H groups in total. The van der Waals surface area contributed by atoms with Crippen molar-refractivity contribution in [3.05, 3.63) is 86.9 Å². The smallest absolute Gasteiger partial charge is 0.257 e. The van der Waals surface area contributed by atoms with E-state index in [-0.39, 0.29) is 22.6 Å². The van der Waals surface area contributed by atoms with Gasteiger partial charge in [-0.2, -0.15) is 0 Å². The largest absolute Gasteiger partial charge is 0.325 e. The molecule has 0 heterocycles. The molecule has 0 aliphatic rings. The SMILES string of the molecule is Cc1ccc(Cl)cc1NC(=O)CSc1cccc(NC(=O)c2ccc(Cl)cc2Cl)c1. The normalized spacial score (nSPS) is 10.5. The van der Waals surface area contributed by atoms with Crippen molar-refractivity contribution in [1.82, 2.24) is 0 Å². The maximum Gasteiger partial charge on any atom is 0.257 e. The molecule has 0 fully saturated rings. The van der Waals surface area contributed by atoms with Gasteiger partial charge < -0.3 is 10.6 Å². The van der Waals surface area contributed by atoms with Crippen molar-refractivity contribution in [2.24, 2.45) is 0 Å². The highest BCUT2D eigenvalue weighted by molar-refractivity contribution is 8.00. The minimum atomic E-state index is -0.340. The Bertz CT molecular complexity index is 1110. The Morgan fingerprint density at radius 2 is 1.63 bits per heavy atom. The summed E-state index contributed by atoms with van der Waals surface area (Å²) in [6.07, 6.45) is 0. The van der Waals surface area contributed by atoms with Gasteiger partial charge in [0.15, 0.2) is 0 Å². The number of halogens is 3. The van der Waals surface area contributed by atoms with Gasteiger partial charge in [-0.3, -0.25) is 9.59 Å². The first-order valence-electron chi connectivity index (χ1n) is 8.87. The first-order valence-corrected chi connectivity index (χ1v) is 11.0. The first-order chi connectivity index (χ1) is 14.3. The predicted molar refractivity (Wildman–Crippen MR) is 126 cm³/mol. The van der Waals surface area contributed by atoms with Crippen LogP contribution in [-0.4, -0.2) is 17.6 Å². The Labute approximate surface area is 193 Å². The molecule has 0 atom stereocenters. The Kier molecular flexibility index (Phi) is 7.67. The van der Waals surface area contributed by atoms with E-state index in [1.165, 1.54) is 17.8 Å². The third kappa shape index (κ3) is 6.16. The molecular formula is C22H17Cl3N2O2S. The number of hydrogen-bond donors (Lipinski definition) is 2. The van der Waals surface area contributed by atoms with Crippen LogP contribution in [0.25, 0.3) is 0 Å². The zero-order chi connectivity index (χ0) is 21.7. The van der Waals surface area contributed by atoms with E-state index < -0.39 is 0 Å². The molecule has 4 nitrogen and oxygen atoms in total. The van der Waals surface area contributed by atoms with E-state index in [1.54, 1.807) is 42.5 Å². The zero-order valence-electron chi connectivity index (χ0n) is 15.8. The lowest BCUT2D eigenvalue weighted by molar-refractivity contribution is -0.113. The Morgan fingerprint density at radius 3 is 2.40 bits per heavy atom. The summed E-state index contributed by atoms with van der Waals surface area (Å²) >= 11 is 19.3. The molecule has 0 saturated heterocycles. The van der Waals surface area contributed by atoms with Crippen LogP contribution in [0.5, 0.6) is 0 Å². The molecular weight excluding hydrogens is 463 g/mol. The van der Waals surface area contributed by atoms with Crippen LogP contribution in [0.4, 0.5) is 11.4 Å². The van der Waals surface area contributed by atoms with Crippen molar-refractivity contribution in [1.29, 1.82) is 0 Å². The molecule has 30 heavy (non-hydrogen) atoms. The summed E-state index contributed by atoms with van der Waals surface area (Å²) in [6.45, 7) is 1.90. The van der Waals surface area contributed by atoms with Crippen molar-refractivity contribution in [2.75, 3.05) is 16.4 Å². The summed E-state index contributed by atoms with van der Waals surface area (Å²) in [4.78, 5) is 25.6. The van der Waals surface area contributed by atoms with Gasteiger partial charge in [0.05, 0.1) is 16.3 Å². The highest BCUT2D eigenvalue weighted by Gasteiger charge is 2.12. The molecule has 0 radical (unpaired) electrons. The van der Waals surface area contributed by atoms with Crippen LogP contribution >= 0.6 is 46.6 Å². The molecule has 2 amide bonds. The molecule has 0 aliphatic heterocycles. The van der Waals surface area contributed by atoms with E-state index in [4.69, 9.17) is 34.8 Å². The van der Waals surface area contributed by atoms with Gasteiger partial charge >= 0.3 is 0 Å². The van der Waals surface area contributed by atoms with E-state index in [0.29, 0.717) is 27.0 Å². The van der Waals surface area contributed by atoms with Crippen LogP contribution in [0, 0.1) is 6.92 Å². The lowest BCUT2D eigenvalue weighted by Crippen LogP contribution is -2.15. The second kappa shape index (κ2) is 10.2. The van der Waals surface area contributed by atoms with E-state index >= 15 is 0 Å². The summed E-state index contributed by atoms with van der Waals surface area (Å²) in [5, 5.41) is 6.96. The lowest BCUT2D eigenvalue weighted by Gasteiger charge is -2.10. The molecule has 3 aromatic carbocycles. The minimum absolute atomic E-state index is 0.146. The van der Waals surface area contributed by atoms with Gasteiger partial charge in [-0.15, -0.1) is 11.8 Å². The molecule has 0 aromatic heterocycles. The average Bonchev–Trinajstić information content (AvgIpc) is 2.69. The summed E-state index contributed by atoms with van der Waals surface area (Å²) in [7, 11) is 0. The Morgan fingerprint density at radius 1 is 0.900 bits per heavy atom. The third-order valence-corrected chi connectivity index (χ3v) is 5.89. The van der Waals surface area contributed by atoms with Crippen LogP contribution in [-0.2, 0) is 4.79 Å². The highest BCUT2D eigenvalue weighted by atomic mass is 35.5. The molecule has 0 unspecified atom stereocenters. The molecule has 0 bridgehead atoms. The van der Waals surface area contributed by atoms with Crippen molar-refractivity contribution in [2.45, 2.75) is 11.8 Å². The molecule has 0 aliphatic carbocycles. The number of rotatable bonds is 6. The summed E-state index contributed by atoms with van der Waals surface area (Å²) in [6, 6.07) is 17.3. The number of benzene rings is 3. The van der Waals surface area contributed by atoms with Gasteiger partial charge in [0, 0.05) is 26.3 Å². The van der Waals surface area contributed by atoms with Gasteiger partial charge in [0.2, 0.25) is 5.91 Å². The second-order valence-electron chi connectivity index (χ2n) is 6.40. The maximum atomic E-state index is 12.5. The Hall–Kier alpha value is -2.18. The number of thioether (sulfide) groups is 1. The van der Waals surface area contributed by atoms with Gasteiger partial charge in [-0.1, -0.05) is 46.9 Å². The van der Waals surface area contributed by atoms with Crippen molar-refractivity contribution < 1.29 is 9.59 Å². The van der Waals surface area contributed by atoms with Crippen molar-refractivity contribution in [3.8, 4) is 0 Å². The monoisotopic (exact) mass is 478 g/mol. The average molecular weight is 480 g/mol. The molecule has 8 heteroatoms. The first kappa shape index (κ1) is 22.5. The van der Waals surface area contributed by atoms with Crippen LogP contribution < -0.4 is 10.6 Å². The van der Waals surface area contributed by atoms with E-state index in [1.807, 2.05) is 19.1 Å². The van der Waals surface area contributed by atoms with Gasteiger partial charge in [-0.05, 0) is 61.0 Å². The number of carbonyl (C=O) groups is 2. The fourth-order valence-electron chi connectivity index (χ4n) is 2.60. The molecule has 3 rings (SSSR count). The summed E-state index contributed by atoms with van der Waals surface area (Å²) < 4.78 is 0. The fraction of sp³-hybridized carbons (Fsp3) is 0.0909. The van der Waals surface area contributed by atoms with Crippen LogP contribution in [0.1, 0.15) is 15.9 Å². The number of anilines is 2. The number of amides is 2.